The van der Waals surface area contributed by atoms with E-state index in [1.165, 1.54) is 12.8 Å². The Balaban J connectivity index is 2.06. The lowest BCUT2D eigenvalue weighted by Gasteiger charge is -2.42. The minimum atomic E-state index is -0.271. The fourth-order valence-electron chi connectivity index (χ4n) is 2.53. The van der Waals surface area contributed by atoms with Crippen LogP contribution in [-0.4, -0.2) is 25.5 Å². The molecule has 13 heavy (non-hydrogen) atoms. The first-order valence-electron chi connectivity index (χ1n) is 5.16. The summed E-state index contributed by atoms with van der Waals surface area (Å²) in [6.45, 7) is 4.47. The van der Waals surface area contributed by atoms with Crippen LogP contribution in [0.1, 0.15) is 32.6 Å². The number of nitrogens with two attached hydrogens (primary N) is 1. The molecule has 0 aromatic heterocycles. The molecule has 3 heteroatoms. The molecule has 1 aliphatic carbocycles. The largest absolute Gasteiger partial charge is 0.348 e. The summed E-state index contributed by atoms with van der Waals surface area (Å²) in [4.78, 5) is 0. The van der Waals surface area contributed by atoms with Crippen LogP contribution < -0.4 is 5.73 Å². The molecular formula is C10H19NO2. The van der Waals surface area contributed by atoms with Gasteiger partial charge in [-0.3, -0.25) is 0 Å². The van der Waals surface area contributed by atoms with E-state index < -0.39 is 0 Å². The van der Waals surface area contributed by atoms with Crippen molar-refractivity contribution < 1.29 is 9.47 Å². The lowest BCUT2D eigenvalue weighted by atomic mass is 9.73. The average Bonchev–Trinajstić information content (AvgIpc) is 2.53. The monoisotopic (exact) mass is 185 g/mol. The van der Waals surface area contributed by atoms with Crippen LogP contribution in [0.3, 0.4) is 0 Å². The molecule has 76 valence electrons. The zero-order chi connectivity index (χ0) is 9.36. The fourth-order valence-corrected chi connectivity index (χ4v) is 2.53. The van der Waals surface area contributed by atoms with Crippen molar-refractivity contribution in [2.24, 2.45) is 11.1 Å². The lowest BCUT2D eigenvalue weighted by Crippen LogP contribution is -2.44. The van der Waals surface area contributed by atoms with Gasteiger partial charge >= 0.3 is 0 Å². The first-order chi connectivity index (χ1) is 6.18. The van der Waals surface area contributed by atoms with Crippen molar-refractivity contribution in [3.63, 3.8) is 0 Å². The van der Waals surface area contributed by atoms with E-state index in [2.05, 4.69) is 6.92 Å². The Hall–Kier alpha value is -0.120. The number of rotatable bonds is 1. The molecule has 1 saturated carbocycles. The molecule has 0 aromatic rings. The van der Waals surface area contributed by atoms with Gasteiger partial charge in [0.05, 0.1) is 13.2 Å². The summed E-state index contributed by atoms with van der Waals surface area (Å²) in [5.41, 5.74) is 6.00. The number of ether oxygens (including phenoxy) is 2. The maximum Gasteiger partial charge on any atom is 0.169 e. The van der Waals surface area contributed by atoms with Crippen molar-refractivity contribution in [2.45, 2.75) is 38.4 Å². The molecule has 1 spiro atoms. The summed E-state index contributed by atoms with van der Waals surface area (Å²) in [5.74, 6) is -0.271. The maximum atomic E-state index is 5.78. The van der Waals surface area contributed by atoms with Gasteiger partial charge in [0.2, 0.25) is 0 Å². The SMILES string of the molecule is C[C@]1(CN)CCCC2(C1)OCCO2. The number of hydrogen-bond donors (Lipinski definition) is 1. The highest BCUT2D eigenvalue weighted by molar-refractivity contribution is 4.90. The van der Waals surface area contributed by atoms with E-state index in [1.807, 2.05) is 0 Å². The third-order valence-electron chi connectivity index (χ3n) is 3.34. The Morgan fingerprint density at radius 1 is 1.23 bits per heavy atom. The van der Waals surface area contributed by atoms with Crippen LogP contribution in [0.25, 0.3) is 0 Å². The molecule has 1 aliphatic heterocycles. The van der Waals surface area contributed by atoms with E-state index in [9.17, 15) is 0 Å². The fraction of sp³-hybridized carbons (Fsp3) is 1.00. The topological polar surface area (TPSA) is 44.5 Å². The van der Waals surface area contributed by atoms with Gasteiger partial charge < -0.3 is 15.2 Å². The molecule has 1 atom stereocenters. The molecule has 0 unspecified atom stereocenters. The van der Waals surface area contributed by atoms with Gasteiger partial charge in [0.25, 0.3) is 0 Å². The molecule has 2 aliphatic rings. The summed E-state index contributed by atoms with van der Waals surface area (Å²) in [7, 11) is 0. The van der Waals surface area contributed by atoms with E-state index in [0.717, 1.165) is 32.6 Å². The van der Waals surface area contributed by atoms with Crippen LogP contribution in [0.4, 0.5) is 0 Å². The second-order valence-electron chi connectivity index (χ2n) is 4.65. The molecule has 0 bridgehead atoms. The van der Waals surface area contributed by atoms with E-state index in [-0.39, 0.29) is 11.2 Å². The Morgan fingerprint density at radius 3 is 2.54 bits per heavy atom. The van der Waals surface area contributed by atoms with E-state index >= 15 is 0 Å². The zero-order valence-electron chi connectivity index (χ0n) is 8.34. The van der Waals surface area contributed by atoms with Gasteiger partial charge in [0, 0.05) is 12.8 Å². The molecule has 0 amide bonds. The van der Waals surface area contributed by atoms with Crippen LogP contribution in [-0.2, 0) is 9.47 Å². The second kappa shape index (κ2) is 3.23. The number of hydrogen-bond acceptors (Lipinski definition) is 3. The summed E-state index contributed by atoms with van der Waals surface area (Å²) >= 11 is 0. The van der Waals surface area contributed by atoms with Crippen LogP contribution in [0.5, 0.6) is 0 Å². The van der Waals surface area contributed by atoms with Crippen molar-refractivity contribution >= 4 is 0 Å². The third-order valence-corrected chi connectivity index (χ3v) is 3.34. The van der Waals surface area contributed by atoms with Crippen molar-refractivity contribution in [2.75, 3.05) is 19.8 Å². The molecule has 2 rings (SSSR count). The second-order valence-corrected chi connectivity index (χ2v) is 4.65. The normalized spacial score (nSPS) is 38.3. The Kier molecular flexibility index (Phi) is 2.34. The molecule has 0 aromatic carbocycles. The van der Waals surface area contributed by atoms with E-state index in [4.69, 9.17) is 15.2 Å². The van der Waals surface area contributed by atoms with E-state index in [0.29, 0.717) is 0 Å². The van der Waals surface area contributed by atoms with Crippen LogP contribution in [0.2, 0.25) is 0 Å². The molecule has 1 heterocycles. The van der Waals surface area contributed by atoms with Gasteiger partial charge in [0.1, 0.15) is 0 Å². The van der Waals surface area contributed by atoms with Crippen molar-refractivity contribution in [1.29, 1.82) is 0 Å². The van der Waals surface area contributed by atoms with Gasteiger partial charge in [-0.2, -0.15) is 0 Å². The minimum Gasteiger partial charge on any atom is -0.348 e. The van der Waals surface area contributed by atoms with Gasteiger partial charge in [0.15, 0.2) is 5.79 Å². The first kappa shape index (κ1) is 9.44. The van der Waals surface area contributed by atoms with Gasteiger partial charge in [-0.15, -0.1) is 0 Å². The summed E-state index contributed by atoms with van der Waals surface area (Å²) in [6.07, 6.45) is 4.39. The van der Waals surface area contributed by atoms with E-state index in [1.54, 1.807) is 0 Å². The lowest BCUT2D eigenvalue weighted by molar-refractivity contribution is -0.198. The maximum absolute atomic E-state index is 5.78. The minimum absolute atomic E-state index is 0.225. The van der Waals surface area contributed by atoms with Crippen LogP contribution in [0.15, 0.2) is 0 Å². The molecule has 0 radical (unpaired) electrons. The van der Waals surface area contributed by atoms with Gasteiger partial charge in [-0.1, -0.05) is 6.92 Å². The molecule has 1 saturated heterocycles. The Bertz CT molecular complexity index is 189. The standard InChI is InChI=1S/C10H19NO2/c1-9(8-11)3-2-4-10(7-9)12-5-6-13-10/h2-8,11H2,1H3/t9-/m0/s1. The predicted octanol–water partition coefficient (Wildman–Crippen LogP) is 1.27. The average molecular weight is 185 g/mol. The van der Waals surface area contributed by atoms with Gasteiger partial charge in [-0.25, -0.2) is 0 Å². The highest BCUT2D eigenvalue weighted by atomic mass is 16.7. The smallest absolute Gasteiger partial charge is 0.169 e. The Morgan fingerprint density at radius 2 is 1.92 bits per heavy atom. The Labute approximate surface area is 79.6 Å². The first-order valence-corrected chi connectivity index (χ1v) is 5.16. The summed E-state index contributed by atoms with van der Waals surface area (Å²) in [6, 6.07) is 0. The van der Waals surface area contributed by atoms with Gasteiger partial charge in [-0.05, 0) is 24.8 Å². The van der Waals surface area contributed by atoms with Crippen molar-refractivity contribution in [3.05, 3.63) is 0 Å². The van der Waals surface area contributed by atoms with Crippen LogP contribution in [0, 0.1) is 5.41 Å². The summed E-state index contributed by atoms with van der Waals surface area (Å²) in [5, 5.41) is 0. The third kappa shape index (κ3) is 1.73. The highest BCUT2D eigenvalue weighted by Gasteiger charge is 2.45. The van der Waals surface area contributed by atoms with Crippen molar-refractivity contribution in [1.82, 2.24) is 0 Å². The van der Waals surface area contributed by atoms with Crippen molar-refractivity contribution in [3.8, 4) is 0 Å². The zero-order valence-corrected chi connectivity index (χ0v) is 8.34. The molecule has 2 fully saturated rings. The van der Waals surface area contributed by atoms with Crippen LogP contribution >= 0.6 is 0 Å². The molecule has 3 nitrogen and oxygen atoms in total. The summed E-state index contributed by atoms with van der Waals surface area (Å²) < 4.78 is 11.4. The molecule has 2 N–H and O–H groups in total. The molecular weight excluding hydrogens is 166 g/mol. The quantitative estimate of drug-likeness (QED) is 0.669. The predicted molar refractivity (Wildman–Crippen MR) is 50.3 cm³/mol. The highest BCUT2D eigenvalue weighted by Crippen LogP contribution is 2.44.